The third kappa shape index (κ3) is 3.28. The molecule has 3 aromatic heterocycles. The van der Waals surface area contributed by atoms with Crippen molar-refractivity contribution in [2.24, 2.45) is 0 Å². The van der Waals surface area contributed by atoms with Crippen molar-refractivity contribution < 1.29 is 0 Å². The van der Waals surface area contributed by atoms with Crippen molar-refractivity contribution >= 4 is 50.6 Å². The lowest BCUT2D eigenvalue weighted by Crippen LogP contribution is -1.98. The van der Waals surface area contributed by atoms with E-state index in [0.29, 0.717) is 16.1 Å². The van der Waals surface area contributed by atoms with Crippen molar-refractivity contribution in [3.8, 4) is 0 Å². The average Bonchev–Trinajstić information content (AvgIpc) is 2.76. The Morgan fingerprint density at radius 3 is 2.86 bits per heavy atom. The van der Waals surface area contributed by atoms with Crippen molar-refractivity contribution in [2.75, 3.05) is 5.73 Å². The van der Waals surface area contributed by atoms with Crippen LogP contribution in [0.2, 0.25) is 5.15 Å². The third-order valence-electron chi connectivity index (χ3n) is 2.94. The number of pyridine rings is 1. The minimum absolute atomic E-state index is 0.118. The van der Waals surface area contributed by atoms with Crippen LogP contribution in [0.4, 0.5) is 5.82 Å². The van der Waals surface area contributed by atoms with Crippen molar-refractivity contribution in [1.82, 2.24) is 15.0 Å². The van der Waals surface area contributed by atoms with Crippen LogP contribution in [-0.2, 0) is 0 Å². The molecule has 7 heteroatoms. The number of rotatable bonds is 3. The summed E-state index contributed by atoms with van der Waals surface area (Å²) in [6.07, 6.45) is 1.92. The summed E-state index contributed by atoms with van der Waals surface area (Å²) in [6.45, 7) is 4.17. The van der Waals surface area contributed by atoms with Gasteiger partial charge in [-0.3, -0.25) is 4.98 Å². The van der Waals surface area contributed by atoms with E-state index >= 15 is 0 Å². The van der Waals surface area contributed by atoms with E-state index in [2.05, 4.69) is 40.9 Å². The van der Waals surface area contributed by atoms with Crippen LogP contribution in [0.5, 0.6) is 0 Å². The summed E-state index contributed by atoms with van der Waals surface area (Å²) < 4.78 is 1.21. The van der Waals surface area contributed by atoms with Crippen LogP contribution >= 0.6 is 34.7 Å². The summed E-state index contributed by atoms with van der Waals surface area (Å²) >= 11 is 9.15. The van der Waals surface area contributed by atoms with Crippen LogP contribution in [0.25, 0.3) is 10.1 Å². The smallest absolute Gasteiger partial charge is 0.191 e. The van der Waals surface area contributed by atoms with E-state index in [9.17, 15) is 0 Å². The summed E-state index contributed by atoms with van der Waals surface area (Å²) in [6, 6.07) is 5.83. The average molecular weight is 337 g/mol. The van der Waals surface area contributed by atoms with Crippen LogP contribution in [0.15, 0.2) is 29.6 Å². The molecular weight excluding hydrogens is 324 g/mol. The first-order valence-corrected chi connectivity index (χ1v) is 8.41. The number of anilines is 1. The Bertz CT molecular complexity index is 783. The molecule has 0 fully saturated rings. The monoisotopic (exact) mass is 336 g/mol. The number of thiophene rings is 1. The Labute approximate surface area is 135 Å². The van der Waals surface area contributed by atoms with E-state index in [1.165, 1.54) is 32.8 Å². The predicted molar refractivity (Wildman–Crippen MR) is 90.1 cm³/mol. The molecule has 0 aliphatic heterocycles. The van der Waals surface area contributed by atoms with E-state index in [1.54, 1.807) is 11.3 Å². The van der Waals surface area contributed by atoms with Crippen molar-refractivity contribution in [3.63, 3.8) is 0 Å². The second-order valence-electron chi connectivity index (χ2n) is 4.66. The molecule has 3 aromatic rings. The summed E-state index contributed by atoms with van der Waals surface area (Å²) in [5.41, 5.74) is 6.68. The molecule has 3 heterocycles. The van der Waals surface area contributed by atoms with Gasteiger partial charge in [-0.1, -0.05) is 23.4 Å². The van der Waals surface area contributed by atoms with Crippen LogP contribution in [0.3, 0.4) is 0 Å². The molecule has 1 atom stereocenters. The van der Waals surface area contributed by atoms with E-state index in [1.807, 2.05) is 6.20 Å². The molecule has 3 rings (SSSR count). The zero-order valence-electron chi connectivity index (χ0n) is 11.5. The summed E-state index contributed by atoms with van der Waals surface area (Å²) in [5, 5.41) is 2.26. The summed E-state index contributed by atoms with van der Waals surface area (Å²) in [4.78, 5) is 14.2. The van der Waals surface area contributed by atoms with Gasteiger partial charge in [-0.15, -0.1) is 11.3 Å². The molecule has 108 valence electrons. The zero-order chi connectivity index (χ0) is 15.0. The van der Waals surface area contributed by atoms with Gasteiger partial charge in [0.25, 0.3) is 0 Å². The van der Waals surface area contributed by atoms with Gasteiger partial charge in [0.15, 0.2) is 5.16 Å². The first-order chi connectivity index (χ1) is 10.0. The number of nitrogen functional groups attached to an aromatic ring is 1. The molecule has 2 N–H and O–H groups in total. The van der Waals surface area contributed by atoms with Gasteiger partial charge in [-0.25, -0.2) is 9.97 Å². The standard InChI is InChI=1S/C14H13ClN4S2/c1-7-3-9-4-10(17-6-11(9)20-7)8(2)21-14-18-12(15)5-13(16)19-14/h3-6,8H,1-2H3,(H2,16,18,19). The van der Waals surface area contributed by atoms with Crippen LogP contribution in [-0.4, -0.2) is 15.0 Å². The van der Waals surface area contributed by atoms with Crippen molar-refractivity contribution in [2.45, 2.75) is 24.3 Å². The number of thioether (sulfide) groups is 1. The topological polar surface area (TPSA) is 64.7 Å². The van der Waals surface area contributed by atoms with Gasteiger partial charge in [0.1, 0.15) is 11.0 Å². The molecule has 0 bridgehead atoms. The highest BCUT2D eigenvalue weighted by atomic mass is 35.5. The van der Waals surface area contributed by atoms with Crippen LogP contribution < -0.4 is 5.73 Å². The van der Waals surface area contributed by atoms with E-state index in [4.69, 9.17) is 17.3 Å². The molecule has 0 aromatic carbocycles. The largest absolute Gasteiger partial charge is 0.384 e. The molecule has 0 saturated carbocycles. The second kappa shape index (κ2) is 5.79. The maximum Gasteiger partial charge on any atom is 0.191 e. The lowest BCUT2D eigenvalue weighted by Gasteiger charge is -2.10. The number of aryl methyl sites for hydroxylation is 1. The Kier molecular flexibility index (Phi) is 4.01. The van der Waals surface area contributed by atoms with Gasteiger partial charge in [0.05, 0.1) is 15.6 Å². The van der Waals surface area contributed by atoms with E-state index in [-0.39, 0.29) is 5.25 Å². The Morgan fingerprint density at radius 2 is 2.10 bits per heavy atom. The molecular formula is C14H13ClN4S2. The second-order valence-corrected chi connectivity index (χ2v) is 7.65. The number of hydrogen-bond acceptors (Lipinski definition) is 6. The SMILES string of the molecule is Cc1cc2cc(C(C)Sc3nc(N)cc(Cl)n3)ncc2s1. The number of aromatic nitrogens is 3. The zero-order valence-corrected chi connectivity index (χ0v) is 13.9. The van der Waals surface area contributed by atoms with Crippen LogP contribution in [0, 0.1) is 6.92 Å². The third-order valence-corrected chi connectivity index (χ3v) is 5.12. The molecule has 21 heavy (non-hydrogen) atoms. The molecule has 1 unspecified atom stereocenters. The predicted octanol–water partition coefficient (Wildman–Crippen LogP) is 4.48. The number of hydrogen-bond donors (Lipinski definition) is 1. The number of nitrogens with zero attached hydrogens (tertiary/aromatic N) is 3. The van der Waals surface area contributed by atoms with Crippen molar-refractivity contribution in [1.29, 1.82) is 0 Å². The van der Waals surface area contributed by atoms with Gasteiger partial charge in [0, 0.05) is 17.1 Å². The normalized spacial score (nSPS) is 12.7. The number of nitrogens with two attached hydrogens (primary N) is 1. The molecule has 0 amide bonds. The highest BCUT2D eigenvalue weighted by molar-refractivity contribution is 7.99. The van der Waals surface area contributed by atoms with Gasteiger partial charge in [-0.2, -0.15) is 0 Å². The minimum atomic E-state index is 0.118. The number of fused-ring (bicyclic) bond motifs is 1. The molecule has 0 radical (unpaired) electrons. The van der Waals surface area contributed by atoms with E-state index < -0.39 is 0 Å². The maximum absolute atomic E-state index is 5.90. The highest BCUT2D eigenvalue weighted by Crippen LogP contribution is 2.34. The molecule has 0 aliphatic rings. The Balaban J connectivity index is 1.87. The Morgan fingerprint density at radius 1 is 1.29 bits per heavy atom. The minimum Gasteiger partial charge on any atom is -0.384 e. The van der Waals surface area contributed by atoms with Crippen molar-refractivity contribution in [3.05, 3.63) is 40.1 Å². The first-order valence-electron chi connectivity index (χ1n) is 6.34. The molecule has 0 spiro atoms. The fourth-order valence-corrected chi connectivity index (χ4v) is 3.99. The molecule has 0 saturated heterocycles. The maximum atomic E-state index is 5.90. The number of halogens is 1. The highest BCUT2D eigenvalue weighted by Gasteiger charge is 2.13. The van der Waals surface area contributed by atoms with Crippen LogP contribution in [0.1, 0.15) is 22.7 Å². The van der Waals surface area contributed by atoms with Gasteiger partial charge in [-0.05, 0) is 31.4 Å². The Hall–Kier alpha value is -1.37. The fraction of sp³-hybridized carbons (Fsp3) is 0.214. The lowest BCUT2D eigenvalue weighted by molar-refractivity contribution is 0.947. The first kappa shape index (κ1) is 14.6. The van der Waals surface area contributed by atoms with Gasteiger partial charge < -0.3 is 5.73 Å². The quantitative estimate of drug-likeness (QED) is 0.434. The summed E-state index contributed by atoms with van der Waals surface area (Å²) in [5.74, 6) is 0.376. The van der Waals surface area contributed by atoms with E-state index in [0.717, 1.165) is 5.69 Å². The summed E-state index contributed by atoms with van der Waals surface area (Å²) in [7, 11) is 0. The molecule has 0 aliphatic carbocycles. The lowest BCUT2D eigenvalue weighted by atomic mass is 10.2. The molecule has 4 nitrogen and oxygen atoms in total. The van der Waals surface area contributed by atoms with Gasteiger partial charge in [0.2, 0.25) is 0 Å². The van der Waals surface area contributed by atoms with Gasteiger partial charge >= 0.3 is 0 Å². The fourth-order valence-electron chi connectivity index (χ4n) is 2.00.